The molecule has 0 aliphatic heterocycles. The van der Waals surface area contributed by atoms with E-state index in [2.05, 4.69) is 10.3 Å². The summed E-state index contributed by atoms with van der Waals surface area (Å²) < 4.78 is 15.5. The summed E-state index contributed by atoms with van der Waals surface area (Å²) in [5.74, 6) is 0.265. The second-order valence-corrected chi connectivity index (χ2v) is 5.19. The van der Waals surface area contributed by atoms with E-state index in [1.165, 1.54) is 14.2 Å². The number of methoxy groups -OCH3 is 2. The third-order valence-corrected chi connectivity index (χ3v) is 3.69. The smallest absolute Gasteiger partial charge is 0.417 e. The first-order valence-corrected chi connectivity index (χ1v) is 7.18. The molecule has 1 heterocycles. The summed E-state index contributed by atoms with van der Waals surface area (Å²) in [6, 6.07) is 8.18. The molecule has 124 valence electrons. The maximum absolute atomic E-state index is 12.5. The summed E-state index contributed by atoms with van der Waals surface area (Å²) >= 11 is 0. The number of nitrogens with one attached hydrogen (secondary N) is 2. The summed E-state index contributed by atoms with van der Waals surface area (Å²) in [7, 11) is 3.07. The van der Waals surface area contributed by atoms with Crippen LogP contribution in [-0.4, -0.2) is 25.1 Å². The Morgan fingerprint density at radius 1 is 1.12 bits per heavy atom. The molecule has 0 atom stereocenters. The number of aromatic amines is 1. The molecule has 0 saturated heterocycles. The lowest BCUT2D eigenvalue weighted by Gasteiger charge is -2.12. The van der Waals surface area contributed by atoms with Crippen LogP contribution >= 0.6 is 0 Å². The van der Waals surface area contributed by atoms with Gasteiger partial charge in [-0.1, -0.05) is 0 Å². The zero-order valence-electron chi connectivity index (χ0n) is 13.4. The molecule has 7 nitrogen and oxygen atoms in total. The summed E-state index contributed by atoms with van der Waals surface area (Å²) in [5, 5.41) is 2.77. The fraction of sp³-hybridized carbons (Fsp3) is 0.176. The van der Waals surface area contributed by atoms with Crippen molar-refractivity contribution in [1.82, 2.24) is 4.98 Å². The molecule has 1 aromatic heterocycles. The Morgan fingerprint density at radius 2 is 1.79 bits per heavy atom. The standard InChI is InChI=1S/C17H16N2O5/c1-9-14(22-2)6-10(7-15(9)23-3)16(20)18-11-4-5-13-12(8-11)19-17(21)24-13/h4-8H,1-3H3,(H,18,20)(H,19,21). The van der Waals surface area contributed by atoms with Crippen molar-refractivity contribution in [2.24, 2.45) is 0 Å². The van der Waals surface area contributed by atoms with Crippen LogP contribution in [0, 0.1) is 6.92 Å². The summed E-state index contributed by atoms with van der Waals surface area (Å²) in [5.41, 5.74) is 2.68. The molecule has 7 heteroatoms. The van der Waals surface area contributed by atoms with Crippen LogP contribution in [0.3, 0.4) is 0 Å². The van der Waals surface area contributed by atoms with E-state index in [0.29, 0.717) is 33.8 Å². The van der Waals surface area contributed by atoms with Crippen LogP contribution in [-0.2, 0) is 0 Å². The van der Waals surface area contributed by atoms with Crippen LogP contribution < -0.4 is 20.5 Å². The van der Waals surface area contributed by atoms with Gasteiger partial charge in [-0.3, -0.25) is 9.78 Å². The highest BCUT2D eigenvalue weighted by Crippen LogP contribution is 2.30. The first kappa shape index (κ1) is 15.7. The number of hydrogen-bond acceptors (Lipinski definition) is 5. The fourth-order valence-corrected chi connectivity index (χ4v) is 2.45. The molecule has 1 amide bonds. The second kappa shape index (κ2) is 6.11. The van der Waals surface area contributed by atoms with Gasteiger partial charge in [-0.05, 0) is 37.3 Å². The zero-order valence-corrected chi connectivity index (χ0v) is 13.4. The number of fused-ring (bicyclic) bond motifs is 1. The Kier molecular flexibility index (Phi) is 3.99. The lowest BCUT2D eigenvalue weighted by atomic mass is 10.1. The first-order chi connectivity index (χ1) is 11.5. The summed E-state index contributed by atoms with van der Waals surface area (Å²) in [6.07, 6.45) is 0. The van der Waals surface area contributed by atoms with E-state index in [1.807, 2.05) is 6.92 Å². The molecule has 2 N–H and O–H groups in total. The highest BCUT2D eigenvalue weighted by atomic mass is 16.5. The van der Waals surface area contributed by atoms with Gasteiger partial charge in [-0.15, -0.1) is 0 Å². The van der Waals surface area contributed by atoms with Crippen molar-refractivity contribution in [3.8, 4) is 11.5 Å². The molecule has 0 saturated carbocycles. The zero-order chi connectivity index (χ0) is 17.3. The Morgan fingerprint density at radius 3 is 2.42 bits per heavy atom. The quantitative estimate of drug-likeness (QED) is 0.768. The molecule has 0 fully saturated rings. The number of ether oxygens (including phenoxy) is 2. The van der Waals surface area contributed by atoms with Gasteiger partial charge in [0.1, 0.15) is 11.5 Å². The van der Waals surface area contributed by atoms with Crippen LogP contribution in [0.1, 0.15) is 15.9 Å². The van der Waals surface area contributed by atoms with Crippen molar-refractivity contribution in [3.63, 3.8) is 0 Å². The molecular weight excluding hydrogens is 312 g/mol. The van der Waals surface area contributed by atoms with E-state index < -0.39 is 5.76 Å². The van der Waals surface area contributed by atoms with Crippen LogP contribution in [0.15, 0.2) is 39.5 Å². The maximum Gasteiger partial charge on any atom is 0.417 e. The summed E-state index contributed by atoms with van der Waals surface area (Å²) in [4.78, 5) is 26.2. The Hall–Kier alpha value is -3.22. The maximum atomic E-state index is 12.5. The Labute approximate surface area is 137 Å². The minimum absolute atomic E-state index is 0.322. The number of hydrogen-bond donors (Lipinski definition) is 2. The highest BCUT2D eigenvalue weighted by molar-refractivity contribution is 6.05. The topological polar surface area (TPSA) is 93.6 Å². The van der Waals surface area contributed by atoms with E-state index in [1.54, 1.807) is 30.3 Å². The molecule has 0 aliphatic carbocycles. The molecule has 0 radical (unpaired) electrons. The van der Waals surface area contributed by atoms with E-state index in [0.717, 1.165) is 5.56 Å². The Balaban J connectivity index is 1.91. The van der Waals surface area contributed by atoms with Crippen LogP contribution in [0.5, 0.6) is 11.5 Å². The van der Waals surface area contributed by atoms with Gasteiger partial charge in [0, 0.05) is 16.8 Å². The van der Waals surface area contributed by atoms with Gasteiger partial charge in [0.2, 0.25) is 0 Å². The number of carbonyl (C=O) groups is 1. The van der Waals surface area contributed by atoms with Gasteiger partial charge in [0.25, 0.3) is 5.91 Å². The van der Waals surface area contributed by atoms with Crippen molar-refractivity contribution < 1.29 is 18.7 Å². The van der Waals surface area contributed by atoms with Gasteiger partial charge in [-0.2, -0.15) is 0 Å². The van der Waals surface area contributed by atoms with Gasteiger partial charge < -0.3 is 19.2 Å². The average Bonchev–Trinajstić information content (AvgIpc) is 2.94. The van der Waals surface area contributed by atoms with Crippen molar-refractivity contribution in [2.45, 2.75) is 6.92 Å². The molecule has 3 aromatic rings. The normalized spacial score (nSPS) is 10.6. The molecule has 0 bridgehead atoms. The highest BCUT2D eigenvalue weighted by Gasteiger charge is 2.14. The Bertz CT molecular complexity index is 946. The molecule has 0 aliphatic rings. The first-order valence-electron chi connectivity index (χ1n) is 7.18. The molecule has 3 rings (SSSR count). The van der Waals surface area contributed by atoms with E-state index >= 15 is 0 Å². The number of amides is 1. The fourth-order valence-electron chi connectivity index (χ4n) is 2.45. The third kappa shape index (κ3) is 2.83. The molecule has 24 heavy (non-hydrogen) atoms. The lowest BCUT2D eigenvalue weighted by Crippen LogP contribution is -2.12. The third-order valence-electron chi connectivity index (χ3n) is 3.69. The van der Waals surface area contributed by atoms with Crippen LogP contribution in [0.25, 0.3) is 11.1 Å². The van der Waals surface area contributed by atoms with Gasteiger partial charge >= 0.3 is 5.76 Å². The number of anilines is 1. The van der Waals surface area contributed by atoms with Gasteiger partial charge in [0.05, 0.1) is 19.7 Å². The number of rotatable bonds is 4. The van der Waals surface area contributed by atoms with Crippen molar-refractivity contribution in [1.29, 1.82) is 0 Å². The number of oxazole rings is 1. The molecule has 2 aromatic carbocycles. The minimum Gasteiger partial charge on any atom is -0.496 e. The number of benzene rings is 2. The van der Waals surface area contributed by atoms with Crippen molar-refractivity contribution in [2.75, 3.05) is 19.5 Å². The largest absolute Gasteiger partial charge is 0.496 e. The second-order valence-electron chi connectivity index (χ2n) is 5.19. The average molecular weight is 328 g/mol. The predicted octanol–water partition coefficient (Wildman–Crippen LogP) is 2.70. The molecule has 0 spiro atoms. The monoisotopic (exact) mass is 328 g/mol. The van der Waals surface area contributed by atoms with Crippen LogP contribution in [0.4, 0.5) is 5.69 Å². The van der Waals surface area contributed by atoms with Gasteiger partial charge in [-0.25, -0.2) is 4.79 Å². The number of H-pyrrole nitrogens is 1. The van der Waals surface area contributed by atoms with Crippen LogP contribution in [0.2, 0.25) is 0 Å². The van der Waals surface area contributed by atoms with E-state index in [-0.39, 0.29) is 5.91 Å². The van der Waals surface area contributed by atoms with E-state index in [4.69, 9.17) is 13.9 Å². The molecular formula is C17H16N2O5. The number of aromatic nitrogens is 1. The SMILES string of the molecule is COc1cc(C(=O)Nc2ccc3oc(=O)[nH]c3c2)cc(OC)c1C. The van der Waals surface area contributed by atoms with Crippen molar-refractivity contribution >= 4 is 22.7 Å². The number of carbonyl (C=O) groups excluding carboxylic acids is 1. The lowest BCUT2D eigenvalue weighted by molar-refractivity contribution is 0.102. The summed E-state index contributed by atoms with van der Waals surface area (Å²) in [6.45, 7) is 1.85. The molecule has 0 unspecified atom stereocenters. The van der Waals surface area contributed by atoms with Gasteiger partial charge in [0.15, 0.2) is 5.58 Å². The predicted molar refractivity (Wildman–Crippen MR) is 89.1 cm³/mol. The van der Waals surface area contributed by atoms with Crippen molar-refractivity contribution in [3.05, 3.63) is 52.0 Å². The minimum atomic E-state index is -0.540. The van der Waals surface area contributed by atoms with E-state index in [9.17, 15) is 9.59 Å².